The van der Waals surface area contributed by atoms with E-state index in [2.05, 4.69) is 5.32 Å². The fourth-order valence-corrected chi connectivity index (χ4v) is 2.43. The number of carbonyl (C=O) groups is 2. The molecule has 2 rings (SSSR count). The van der Waals surface area contributed by atoms with Crippen molar-refractivity contribution in [3.8, 4) is 0 Å². The van der Waals surface area contributed by atoms with Crippen molar-refractivity contribution in [1.29, 1.82) is 0 Å². The third-order valence-corrected chi connectivity index (χ3v) is 3.80. The highest BCUT2D eigenvalue weighted by Gasteiger charge is 2.29. The second-order valence-corrected chi connectivity index (χ2v) is 5.94. The summed E-state index contributed by atoms with van der Waals surface area (Å²) in [5, 5.41) is 2.76. The van der Waals surface area contributed by atoms with Crippen molar-refractivity contribution >= 4 is 11.8 Å². The Labute approximate surface area is 131 Å². The van der Waals surface area contributed by atoms with Crippen LogP contribution in [0.2, 0.25) is 0 Å². The van der Waals surface area contributed by atoms with Gasteiger partial charge in [0.1, 0.15) is 12.1 Å². The predicted molar refractivity (Wildman–Crippen MR) is 84.2 cm³/mol. The Morgan fingerprint density at radius 2 is 1.91 bits per heavy atom. The van der Waals surface area contributed by atoms with Crippen molar-refractivity contribution in [3.63, 3.8) is 0 Å². The molecule has 0 saturated carbocycles. The SMILES string of the molecule is CC(C)C(=O)N[C@@H](C)C(=O)N1CCOC(c2ccccc2)C1. The van der Waals surface area contributed by atoms with Gasteiger partial charge in [-0.15, -0.1) is 0 Å². The monoisotopic (exact) mass is 304 g/mol. The fourth-order valence-electron chi connectivity index (χ4n) is 2.43. The molecule has 0 aliphatic carbocycles. The van der Waals surface area contributed by atoms with Crippen LogP contribution in [0.3, 0.4) is 0 Å². The van der Waals surface area contributed by atoms with Gasteiger partial charge in [0, 0.05) is 12.5 Å². The summed E-state index contributed by atoms with van der Waals surface area (Å²) in [6, 6.07) is 9.38. The smallest absolute Gasteiger partial charge is 0.245 e. The Morgan fingerprint density at radius 3 is 2.55 bits per heavy atom. The van der Waals surface area contributed by atoms with Gasteiger partial charge in [-0.25, -0.2) is 0 Å². The molecule has 1 aliphatic rings. The lowest BCUT2D eigenvalue weighted by molar-refractivity contribution is -0.143. The van der Waals surface area contributed by atoms with Gasteiger partial charge < -0.3 is 15.0 Å². The maximum atomic E-state index is 12.5. The number of amides is 2. The molecule has 1 aliphatic heterocycles. The van der Waals surface area contributed by atoms with Crippen LogP contribution >= 0.6 is 0 Å². The lowest BCUT2D eigenvalue weighted by Gasteiger charge is -2.34. The maximum Gasteiger partial charge on any atom is 0.245 e. The number of nitrogens with one attached hydrogen (secondary N) is 1. The molecule has 0 bridgehead atoms. The van der Waals surface area contributed by atoms with E-state index < -0.39 is 6.04 Å². The molecule has 0 aromatic heterocycles. The van der Waals surface area contributed by atoms with Crippen molar-refractivity contribution in [2.24, 2.45) is 5.92 Å². The third-order valence-electron chi connectivity index (χ3n) is 3.80. The molecule has 2 amide bonds. The number of nitrogens with zero attached hydrogens (tertiary/aromatic N) is 1. The van der Waals surface area contributed by atoms with Gasteiger partial charge in [0.25, 0.3) is 0 Å². The zero-order chi connectivity index (χ0) is 16.1. The minimum Gasteiger partial charge on any atom is -0.370 e. The number of ether oxygens (including phenoxy) is 1. The van der Waals surface area contributed by atoms with Crippen molar-refractivity contribution in [3.05, 3.63) is 35.9 Å². The van der Waals surface area contributed by atoms with Crippen LogP contribution in [0.5, 0.6) is 0 Å². The minimum absolute atomic E-state index is 0.0572. The van der Waals surface area contributed by atoms with Gasteiger partial charge in [-0.2, -0.15) is 0 Å². The second-order valence-electron chi connectivity index (χ2n) is 5.94. The van der Waals surface area contributed by atoms with Crippen molar-refractivity contribution in [2.45, 2.75) is 32.9 Å². The molecule has 1 fully saturated rings. The van der Waals surface area contributed by atoms with Gasteiger partial charge in [-0.3, -0.25) is 9.59 Å². The summed E-state index contributed by atoms with van der Waals surface area (Å²) in [6.45, 7) is 6.94. The minimum atomic E-state index is -0.510. The summed E-state index contributed by atoms with van der Waals surface area (Å²) in [7, 11) is 0. The highest BCUT2D eigenvalue weighted by molar-refractivity contribution is 5.88. The molecule has 0 radical (unpaired) electrons. The highest BCUT2D eigenvalue weighted by Crippen LogP contribution is 2.22. The molecule has 5 heteroatoms. The van der Waals surface area contributed by atoms with E-state index in [4.69, 9.17) is 4.74 Å². The molecule has 1 saturated heterocycles. The number of carbonyl (C=O) groups excluding carboxylic acids is 2. The summed E-state index contributed by atoms with van der Waals surface area (Å²) >= 11 is 0. The summed E-state index contributed by atoms with van der Waals surface area (Å²) < 4.78 is 5.76. The number of morpholine rings is 1. The lowest BCUT2D eigenvalue weighted by atomic mass is 10.1. The molecule has 5 nitrogen and oxygen atoms in total. The molecule has 1 N–H and O–H groups in total. The average molecular weight is 304 g/mol. The quantitative estimate of drug-likeness (QED) is 0.922. The van der Waals surface area contributed by atoms with E-state index >= 15 is 0 Å². The summed E-state index contributed by atoms with van der Waals surface area (Å²) in [5.41, 5.74) is 1.07. The molecule has 2 atom stereocenters. The maximum absolute atomic E-state index is 12.5. The van der Waals surface area contributed by atoms with Gasteiger partial charge in [-0.05, 0) is 12.5 Å². The van der Waals surface area contributed by atoms with E-state index in [0.717, 1.165) is 5.56 Å². The Hall–Kier alpha value is -1.88. The van der Waals surface area contributed by atoms with Crippen LogP contribution < -0.4 is 5.32 Å². The summed E-state index contributed by atoms with van der Waals surface area (Å²) in [4.78, 5) is 26.0. The van der Waals surface area contributed by atoms with Gasteiger partial charge >= 0.3 is 0 Å². The van der Waals surface area contributed by atoms with E-state index in [1.165, 1.54) is 0 Å². The Bertz CT molecular complexity index is 516. The number of rotatable bonds is 4. The third kappa shape index (κ3) is 4.07. The number of benzene rings is 1. The average Bonchev–Trinajstić information content (AvgIpc) is 2.54. The fraction of sp³-hybridized carbons (Fsp3) is 0.529. The van der Waals surface area contributed by atoms with E-state index in [1.54, 1.807) is 11.8 Å². The van der Waals surface area contributed by atoms with Crippen LogP contribution in [0.4, 0.5) is 0 Å². The van der Waals surface area contributed by atoms with E-state index in [9.17, 15) is 9.59 Å². The molecule has 1 aromatic carbocycles. The first-order valence-corrected chi connectivity index (χ1v) is 7.74. The van der Waals surface area contributed by atoms with Gasteiger partial charge in [0.2, 0.25) is 11.8 Å². The first kappa shape index (κ1) is 16.5. The van der Waals surface area contributed by atoms with Crippen LogP contribution in [0.1, 0.15) is 32.4 Å². The van der Waals surface area contributed by atoms with Crippen LogP contribution in [-0.2, 0) is 14.3 Å². The first-order chi connectivity index (χ1) is 10.5. The van der Waals surface area contributed by atoms with Gasteiger partial charge in [0.05, 0.1) is 13.2 Å². The lowest BCUT2D eigenvalue weighted by Crippen LogP contribution is -2.51. The van der Waals surface area contributed by atoms with E-state index in [-0.39, 0.29) is 23.8 Å². The molecular formula is C17H24N2O3. The first-order valence-electron chi connectivity index (χ1n) is 7.74. The summed E-state index contributed by atoms with van der Waals surface area (Å²) in [6.07, 6.45) is -0.105. The van der Waals surface area contributed by atoms with Crippen molar-refractivity contribution in [2.75, 3.05) is 19.7 Å². The van der Waals surface area contributed by atoms with Crippen LogP contribution in [-0.4, -0.2) is 42.5 Å². The Morgan fingerprint density at radius 1 is 1.23 bits per heavy atom. The van der Waals surface area contributed by atoms with Gasteiger partial charge in [0.15, 0.2) is 0 Å². The molecule has 120 valence electrons. The standard InChI is InChI=1S/C17H24N2O3/c1-12(2)16(20)18-13(3)17(21)19-9-10-22-15(11-19)14-7-5-4-6-8-14/h4-8,12-13,15H,9-11H2,1-3H3,(H,18,20)/t13-,15?/m0/s1. The zero-order valence-corrected chi connectivity index (χ0v) is 13.4. The molecule has 0 spiro atoms. The van der Waals surface area contributed by atoms with Crippen LogP contribution in [0, 0.1) is 5.92 Å². The normalized spacial score (nSPS) is 19.8. The summed E-state index contributed by atoms with van der Waals surface area (Å²) in [5.74, 6) is -0.288. The molecule has 1 heterocycles. The highest BCUT2D eigenvalue weighted by atomic mass is 16.5. The Kier molecular flexibility index (Phi) is 5.55. The van der Waals surface area contributed by atoms with Gasteiger partial charge in [-0.1, -0.05) is 44.2 Å². The van der Waals surface area contributed by atoms with Crippen molar-refractivity contribution in [1.82, 2.24) is 10.2 Å². The molecular weight excluding hydrogens is 280 g/mol. The zero-order valence-electron chi connectivity index (χ0n) is 13.4. The van der Waals surface area contributed by atoms with Crippen molar-refractivity contribution < 1.29 is 14.3 Å². The molecule has 1 unspecified atom stereocenters. The van der Waals surface area contributed by atoms with Crippen LogP contribution in [0.15, 0.2) is 30.3 Å². The molecule has 22 heavy (non-hydrogen) atoms. The predicted octanol–water partition coefficient (Wildman–Crippen LogP) is 1.75. The Balaban J connectivity index is 1.97. The van der Waals surface area contributed by atoms with E-state index in [0.29, 0.717) is 19.7 Å². The van der Waals surface area contributed by atoms with E-state index in [1.807, 2.05) is 44.2 Å². The van der Waals surface area contributed by atoms with Crippen LogP contribution in [0.25, 0.3) is 0 Å². The largest absolute Gasteiger partial charge is 0.370 e. The molecule has 1 aromatic rings. The number of hydrogen-bond acceptors (Lipinski definition) is 3. The number of hydrogen-bond donors (Lipinski definition) is 1. The second kappa shape index (κ2) is 7.40. The topological polar surface area (TPSA) is 58.6 Å².